The fraction of sp³-hybridized carbons (Fsp3) is 0.333. The molecule has 1 aromatic heterocycles. The van der Waals surface area contributed by atoms with Gasteiger partial charge in [0.25, 0.3) is 10.0 Å². The monoisotopic (exact) mass is 218 g/mol. The van der Waals surface area contributed by atoms with E-state index in [0.717, 1.165) is 0 Å². The molecule has 78 valence electrons. The van der Waals surface area contributed by atoms with Crippen LogP contribution in [0, 0.1) is 0 Å². The molecule has 0 saturated heterocycles. The lowest BCUT2D eigenvalue weighted by Crippen LogP contribution is -2.35. The number of likely N-dealkylation sites (N-methyl/N-ethyl adjacent to an activating group) is 1. The van der Waals surface area contributed by atoms with Crippen molar-refractivity contribution in [2.24, 2.45) is 0 Å². The van der Waals surface area contributed by atoms with Gasteiger partial charge in [0.1, 0.15) is 0 Å². The summed E-state index contributed by atoms with van der Waals surface area (Å²) in [6.45, 7) is -0.294. The predicted octanol–water partition coefficient (Wildman–Crippen LogP) is -1.57. The van der Waals surface area contributed by atoms with E-state index in [2.05, 4.69) is 20.2 Å². The van der Waals surface area contributed by atoms with Gasteiger partial charge in [-0.15, -0.1) is 0 Å². The molecule has 0 atom stereocenters. The fourth-order valence-electron chi connectivity index (χ4n) is 0.719. The van der Waals surface area contributed by atoms with Crippen LogP contribution < -0.4 is 10.0 Å². The Morgan fingerprint density at radius 3 is 2.86 bits per heavy atom. The lowest BCUT2D eigenvalue weighted by atomic mass is 10.6. The predicted molar refractivity (Wildman–Crippen MR) is 47.8 cm³/mol. The standard InChI is InChI=1S/C6H10N4O3S/c1-7-5(11)4-9-14(12,13)6-2-3-8-10-6/h2-3,9H,4H2,1H3,(H,7,11)(H,8,10). The number of nitrogens with one attached hydrogen (secondary N) is 3. The second-order valence-corrected chi connectivity index (χ2v) is 4.15. The number of sulfonamides is 1. The van der Waals surface area contributed by atoms with Crippen LogP contribution >= 0.6 is 0 Å². The Bertz CT molecular complexity index is 397. The normalized spacial score (nSPS) is 11.2. The number of carbonyl (C=O) groups is 1. The molecule has 0 aliphatic carbocycles. The molecule has 0 saturated carbocycles. The van der Waals surface area contributed by atoms with Gasteiger partial charge in [-0.05, 0) is 6.07 Å². The summed E-state index contributed by atoms with van der Waals surface area (Å²) in [5.74, 6) is -0.409. The van der Waals surface area contributed by atoms with Gasteiger partial charge in [0, 0.05) is 7.05 Å². The van der Waals surface area contributed by atoms with E-state index >= 15 is 0 Å². The van der Waals surface area contributed by atoms with Gasteiger partial charge in [0.15, 0.2) is 5.03 Å². The molecule has 0 unspecified atom stereocenters. The first-order chi connectivity index (χ1) is 6.56. The van der Waals surface area contributed by atoms with Crippen LogP contribution in [0.4, 0.5) is 0 Å². The molecular formula is C6H10N4O3S. The van der Waals surface area contributed by atoms with Crippen LogP contribution in [0.5, 0.6) is 0 Å². The number of carbonyl (C=O) groups excluding carboxylic acids is 1. The number of nitrogens with zero attached hydrogens (tertiary/aromatic N) is 1. The summed E-state index contributed by atoms with van der Waals surface area (Å²) in [5, 5.41) is 8.00. The first kappa shape index (κ1) is 10.7. The van der Waals surface area contributed by atoms with Crippen LogP contribution in [0.25, 0.3) is 0 Å². The van der Waals surface area contributed by atoms with Crippen molar-refractivity contribution in [2.75, 3.05) is 13.6 Å². The summed E-state index contributed by atoms with van der Waals surface area (Å²) in [5.41, 5.74) is 0. The first-order valence-electron chi connectivity index (χ1n) is 3.76. The molecule has 1 rings (SSSR count). The van der Waals surface area contributed by atoms with E-state index in [4.69, 9.17) is 0 Å². The van der Waals surface area contributed by atoms with Crippen LogP contribution in [-0.4, -0.2) is 38.1 Å². The number of aromatic nitrogens is 2. The van der Waals surface area contributed by atoms with Gasteiger partial charge in [-0.3, -0.25) is 9.89 Å². The zero-order chi connectivity index (χ0) is 10.6. The smallest absolute Gasteiger partial charge is 0.257 e. The SMILES string of the molecule is CNC(=O)CNS(=O)(=O)c1ccn[nH]1. The molecule has 0 aliphatic heterocycles. The number of hydrogen-bond donors (Lipinski definition) is 3. The second kappa shape index (κ2) is 4.20. The Morgan fingerprint density at radius 2 is 2.36 bits per heavy atom. The number of rotatable bonds is 4. The van der Waals surface area contributed by atoms with Crippen molar-refractivity contribution in [3.63, 3.8) is 0 Å². The van der Waals surface area contributed by atoms with Crippen molar-refractivity contribution in [1.82, 2.24) is 20.2 Å². The highest BCUT2D eigenvalue weighted by molar-refractivity contribution is 7.89. The number of hydrogen-bond acceptors (Lipinski definition) is 4. The minimum Gasteiger partial charge on any atom is -0.358 e. The zero-order valence-electron chi connectivity index (χ0n) is 7.44. The van der Waals surface area contributed by atoms with Crippen LogP contribution in [0.2, 0.25) is 0 Å². The van der Waals surface area contributed by atoms with Gasteiger partial charge in [-0.25, -0.2) is 13.1 Å². The van der Waals surface area contributed by atoms with Crippen molar-refractivity contribution in [3.05, 3.63) is 12.3 Å². The summed E-state index contributed by atoms with van der Waals surface area (Å²) in [6, 6.07) is 1.30. The Hall–Kier alpha value is -1.41. The summed E-state index contributed by atoms with van der Waals surface area (Å²) in [7, 11) is -2.23. The van der Waals surface area contributed by atoms with Crippen LogP contribution in [-0.2, 0) is 14.8 Å². The van der Waals surface area contributed by atoms with E-state index in [1.165, 1.54) is 19.3 Å². The summed E-state index contributed by atoms with van der Waals surface area (Å²) < 4.78 is 24.8. The van der Waals surface area contributed by atoms with Gasteiger partial charge < -0.3 is 5.32 Å². The molecule has 14 heavy (non-hydrogen) atoms. The maximum atomic E-state index is 11.4. The Labute approximate surface area is 80.9 Å². The van der Waals surface area contributed by atoms with Gasteiger partial charge in [0.05, 0.1) is 12.7 Å². The first-order valence-corrected chi connectivity index (χ1v) is 5.24. The van der Waals surface area contributed by atoms with Crippen molar-refractivity contribution >= 4 is 15.9 Å². The van der Waals surface area contributed by atoms with Gasteiger partial charge in [0.2, 0.25) is 5.91 Å². The molecule has 7 nitrogen and oxygen atoms in total. The van der Waals surface area contributed by atoms with E-state index in [-0.39, 0.29) is 11.6 Å². The lowest BCUT2D eigenvalue weighted by molar-refractivity contribution is -0.119. The third kappa shape index (κ3) is 2.54. The highest BCUT2D eigenvalue weighted by Crippen LogP contribution is 2.00. The molecule has 0 spiro atoms. The van der Waals surface area contributed by atoms with E-state index in [1.54, 1.807) is 0 Å². The minimum atomic E-state index is -3.65. The van der Waals surface area contributed by atoms with Crippen LogP contribution in [0.1, 0.15) is 0 Å². The number of H-pyrrole nitrogens is 1. The Morgan fingerprint density at radius 1 is 1.64 bits per heavy atom. The van der Waals surface area contributed by atoms with Crippen LogP contribution in [0.15, 0.2) is 17.3 Å². The summed E-state index contributed by atoms with van der Waals surface area (Å²) in [6.07, 6.45) is 1.31. The average Bonchev–Trinajstić information content (AvgIpc) is 2.67. The van der Waals surface area contributed by atoms with Crippen molar-refractivity contribution < 1.29 is 13.2 Å². The molecule has 1 amide bonds. The van der Waals surface area contributed by atoms with Gasteiger partial charge in [-0.2, -0.15) is 5.10 Å². The van der Waals surface area contributed by atoms with E-state index in [0.29, 0.717) is 0 Å². The molecule has 8 heteroatoms. The largest absolute Gasteiger partial charge is 0.358 e. The third-order valence-electron chi connectivity index (χ3n) is 1.47. The maximum Gasteiger partial charge on any atom is 0.257 e. The van der Waals surface area contributed by atoms with Crippen molar-refractivity contribution in [1.29, 1.82) is 0 Å². The minimum absolute atomic E-state index is 0.0681. The van der Waals surface area contributed by atoms with E-state index in [9.17, 15) is 13.2 Å². The Kier molecular flexibility index (Phi) is 3.20. The number of aromatic amines is 1. The molecule has 1 heterocycles. The topological polar surface area (TPSA) is 104 Å². The Balaban J connectivity index is 2.65. The lowest BCUT2D eigenvalue weighted by Gasteiger charge is -2.02. The van der Waals surface area contributed by atoms with Crippen molar-refractivity contribution in [2.45, 2.75) is 5.03 Å². The highest BCUT2D eigenvalue weighted by atomic mass is 32.2. The molecule has 0 aromatic carbocycles. The summed E-state index contributed by atoms with van der Waals surface area (Å²) >= 11 is 0. The molecule has 1 aromatic rings. The molecule has 3 N–H and O–H groups in total. The maximum absolute atomic E-state index is 11.4. The fourth-order valence-corrected chi connectivity index (χ4v) is 1.61. The molecule has 0 radical (unpaired) electrons. The molecule has 0 bridgehead atoms. The van der Waals surface area contributed by atoms with Gasteiger partial charge >= 0.3 is 0 Å². The summed E-state index contributed by atoms with van der Waals surface area (Å²) in [4.78, 5) is 10.8. The third-order valence-corrected chi connectivity index (χ3v) is 2.80. The zero-order valence-corrected chi connectivity index (χ0v) is 8.26. The van der Waals surface area contributed by atoms with E-state index in [1.807, 2.05) is 0 Å². The number of amides is 1. The quantitative estimate of drug-likeness (QED) is 0.568. The van der Waals surface area contributed by atoms with Gasteiger partial charge in [-0.1, -0.05) is 0 Å². The highest BCUT2D eigenvalue weighted by Gasteiger charge is 2.15. The molecule has 0 aliphatic rings. The second-order valence-electron chi connectivity index (χ2n) is 2.42. The van der Waals surface area contributed by atoms with Crippen LogP contribution in [0.3, 0.4) is 0 Å². The van der Waals surface area contributed by atoms with E-state index < -0.39 is 15.9 Å². The average molecular weight is 218 g/mol. The molecule has 0 fully saturated rings. The van der Waals surface area contributed by atoms with Crippen molar-refractivity contribution in [3.8, 4) is 0 Å². The molecular weight excluding hydrogens is 208 g/mol.